The van der Waals surface area contributed by atoms with Crippen molar-refractivity contribution in [2.75, 3.05) is 13.1 Å². The van der Waals surface area contributed by atoms with E-state index in [1.807, 2.05) is 45.0 Å². The maximum Gasteiger partial charge on any atom is 0.410 e. The zero-order valence-electron chi connectivity index (χ0n) is 13.6. The zero-order valence-corrected chi connectivity index (χ0v) is 15.1. The highest BCUT2D eigenvalue weighted by Gasteiger charge is 2.48. The van der Waals surface area contributed by atoms with Crippen molar-refractivity contribution in [3.05, 3.63) is 34.3 Å². The minimum Gasteiger partial charge on any atom is -0.444 e. The molecule has 1 aliphatic heterocycles. The van der Waals surface area contributed by atoms with Crippen molar-refractivity contribution in [3.8, 4) is 0 Å². The number of hydrazine groups is 1. The van der Waals surface area contributed by atoms with Crippen molar-refractivity contribution >= 4 is 27.9 Å². The molecular formula is C16H22BrN3O3. The molecular weight excluding hydrogens is 362 g/mol. The molecule has 126 valence electrons. The van der Waals surface area contributed by atoms with Gasteiger partial charge in [-0.25, -0.2) is 10.6 Å². The number of likely N-dealkylation sites (tertiary alicyclic amines) is 1. The van der Waals surface area contributed by atoms with Crippen molar-refractivity contribution in [2.24, 2.45) is 5.84 Å². The number of benzene rings is 1. The van der Waals surface area contributed by atoms with E-state index in [9.17, 15) is 9.59 Å². The van der Waals surface area contributed by atoms with Gasteiger partial charge < -0.3 is 9.64 Å². The molecule has 1 saturated heterocycles. The Labute approximate surface area is 144 Å². The van der Waals surface area contributed by atoms with E-state index < -0.39 is 11.0 Å². The number of nitrogens with zero attached hydrogens (tertiary/aromatic N) is 1. The number of nitrogens with one attached hydrogen (secondary N) is 1. The number of nitrogens with two attached hydrogens (primary N) is 1. The molecule has 1 fully saturated rings. The first-order valence-electron chi connectivity index (χ1n) is 7.39. The third-order valence-electron chi connectivity index (χ3n) is 3.74. The van der Waals surface area contributed by atoms with Crippen LogP contribution in [0.25, 0.3) is 0 Å². The lowest BCUT2D eigenvalue weighted by atomic mass is 9.71. The first-order valence-corrected chi connectivity index (χ1v) is 8.18. The first kappa shape index (κ1) is 17.7. The van der Waals surface area contributed by atoms with E-state index in [0.717, 1.165) is 10.0 Å². The van der Waals surface area contributed by atoms with Gasteiger partial charge in [0.25, 0.3) is 0 Å². The Morgan fingerprint density at radius 2 is 2.04 bits per heavy atom. The number of ether oxygens (including phenoxy) is 1. The summed E-state index contributed by atoms with van der Waals surface area (Å²) in [6, 6.07) is 7.76. The zero-order chi connectivity index (χ0) is 17.3. The number of hydrogen-bond donors (Lipinski definition) is 2. The second-order valence-electron chi connectivity index (χ2n) is 6.87. The number of carbonyl (C=O) groups is 2. The van der Waals surface area contributed by atoms with E-state index in [1.165, 1.54) is 0 Å². The summed E-state index contributed by atoms with van der Waals surface area (Å²) >= 11 is 3.44. The molecule has 0 aliphatic carbocycles. The van der Waals surface area contributed by atoms with E-state index in [4.69, 9.17) is 10.6 Å². The Kier molecular flexibility index (Phi) is 5.01. The predicted molar refractivity (Wildman–Crippen MR) is 90.6 cm³/mol. The predicted octanol–water partition coefficient (Wildman–Crippen LogP) is 2.32. The highest BCUT2D eigenvalue weighted by Crippen LogP contribution is 2.39. The van der Waals surface area contributed by atoms with Crippen LogP contribution < -0.4 is 11.3 Å². The lowest BCUT2D eigenvalue weighted by molar-refractivity contribution is -0.124. The lowest BCUT2D eigenvalue weighted by Crippen LogP contribution is -2.63. The molecule has 2 rings (SSSR count). The summed E-state index contributed by atoms with van der Waals surface area (Å²) in [6.07, 6.45) is -0.143. The van der Waals surface area contributed by atoms with Gasteiger partial charge in [-0.3, -0.25) is 10.2 Å². The van der Waals surface area contributed by atoms with E-state index >= 15 is 0 Å². The molecule has 1 aliphatic rings. The Morgan fingerprint density at radius 1 is 1.39 bits per heavy atom. The van der Waals surface area contributed by atoms with Gasteiger partial charge in [-0.2, -0.15) is 0 Å². The van der Waals surface area contributed by atoms with Crippen LogP contribution in [0.5, 0.6) is 0 Å². The fourth-order valence-corrected chi connectivity index (χ4v) is 3.11. The number of rotatable bonds is 3. The van der Waals surface area contributed by atoms with Gasteiger partial charge in [-0.15, -0.1) is 0 Å². The van der Waals surface area contributed by atoms with Crippen molar-refractivity contribution in [1.29, 1.82) is 0 Å². The number of carbonyl (C=O) groups excluding carboxylic acids is 2. The van der Waals surface area contributed by atoms with Gasteiger partial charge in [-0.05, 0) is 38.5 Å². The normalized spacial score (nSPS) is 16.5. The van der Waals surface area contributed by atoms with Crippen LogP contribution in [0.15, 0.2) is 28.7 Å². The quantitative estimate of drug-likeness (QED) is 0.476. The largest absolute Gasteiger partial charge is 0.444 e. The van der Waals surface area contributed by atoms with Crippen LogP contribution in [-0.4, -0.2) is 35.6 Å². The fraction of sp³-hybridized carbons (Fsp3) is 0.500. The summed E-state index contributed by atoms with van der Waals surface area (Å²) in [5, 5.41) is 0. The monoisotopic (exact) mass is 383 g/mol. The summed E-state index contributed by atoms with van der Waals surface area (Å²) in [5.41, 5.74) is 2.18. The molecule has 0 saturated carbocycles. The second-order valence-corrected chi connectivity index (χ2v) is 7.79. The van der Waals surface area contributed by atoms with Crippen LogP contribution >= 0.6 is 15.9 Å². The lowest BCUT2D eigenvalue weighted by Gasteiger charge is -2.50. The van der Waals surface area contributed by atoms with E-state index in [0.29, 0.717) is 13.1 Å². The molecule has 7 heteroatoms. The maximum atomic E-state index is 12.2. The van der Waals surface area contributed by atoms with Crippen LogP contribution in [-0.2, 0) is 14.9 Å². The molecule has 3 N–H and O–H groups in total. The molecule has 0 radical (unpaired) electrons. The van der Waals surface area contributed by atoms with Gasteiger partial charge in [0.1, 0.15) is 5.60 Å². The Hall–Kier alpha value is -1.60. The summed E-state index contributed by atoms with van der Waals surface area (Å²) in [6.45, 7) is 6.33. The van der Waals surface area contributed by atoms with Gasteiger partial charge in [0.15, 0.2) is 0 Å². The smallest absolute Gasteiger partial charge is 0.410 e. The van der Waals surface area contributed by atoms with Gasteiger partial charge in [0.2, 0.25) is 5.91 Å². The van der Waals surface area contributed by atoms with E-state index in [2.05, 4.69) is 21.4 Å². The van der Waals surface area contributed by atoms with Gasteiger partial charge in [-0.1, -0.05) is 28.1 Å². The Balaban J connectivity index is 2.17. The molecule has 6 nitrogen and oxygen atoms in total. The van der Waals surface area contributed by atoms with Gasteiger partial charge >= 0.3 is 6.09 Å². The van der Waals surface area contributed by atoms with E-state index in [1.54, 1.807) is 4.90 Å². The van der Waals surface area contributed by atoms with Crippen molar-refractivity contribution in [2.45, 2.75) is 38.2 Å². The van der Waals surface area contributed by atoms with Crippen molar-refractivity contribution in [3.63, 3.8) is 0 Å². The van der Waals surface area contributed by atoms with Crippen molar-refractivity contribution < 1.29 is 14.3 Å². The Morgan fingerprint density at radius 3 is 2.57 bits per heavy atom. The number of hydrogen-bond acceptors (Lipinski definition) is 4. The highest BCUT2D eigenvalue weighted by atomic mass is 79.9. The van der Waals surface area contributed by atoms with Crippen LogP contribution in [0.2, 0.25) is 0 Å². The number of amides is 2. The van der Waals surface area contributed by atoms with Crippen LogP contribution in [0.4, 0.5) is 4.79 Å². The van der Waals surface area contributed by atoms with Gasteiger partial charge in [0, 0.05) is 29.4 Å². The third-order valence-corrected chi connectivity index (χ3v) is 4.23. The molecule has 1 aromatic carbocycles. The minimum atomic E-state index is -0.542. The number of halogens is 1. The molecule has 0 unspecified atom stereocenters. The molecule has 23 heavy (non-hydrogen) atoms. The highest BCUT2D eigenvalue weighted by molar-refractivity contribution is 9.10. The SMILES string of the molecule is CC(C)(C)OC(=O)N1CC(CC(=O)NN)(c2cccc(Br)c2)C1. The minimum absolute atomic E-state index is 0.221. The summed E-state index contributed by atoms with van der Waals surface area (Å²) in [5.74, 6) is 4.97. The van der Waals surface area contributed by atoms with Crippen LogP contribution in [0.1, 0.15) is 32.8 Å². The first-order chi connectivity index (χ1) is 10.6. The molecule has 0 bridgehead atoms. The molecule has 0 aromatic heterocycles. The third kappa shape index (κ3) is 4.23. The Bertz CT molecular complexity index is 607. The molecule has 1 heterocycles. The average Bonchev–Trinajstić information content (AvgIpc) is 2.40. The van der Waals surface area contributed by atoms with Crippen LogP contribution in [0, 0.1) is 0 Å². The standard InChI is InChI=1S/C16H22BrN3O3/c1-15(2,3)23-14(22)20-9-16(10-20,8-13(21)19-18)11-5-4-6-12(17)7-11/h4-7H,8-10,18H2,1-3H3,(H,19,21). The molecule has 1 aromatic rings. The maximum absolute atomic E-state index is 12.2. The average molecular weight is 384 g/mol. The van der Waals surface area contributed by atoms with Crippen LogP contribution in [0.3, 0.4) is 0 Å². The molecule has 2 amide bonds. The van der Waals surface area contributed by atoms with Gasteiger partial charge in [0.05, 0.1) is 0 Å². The summed E-state index contributed by atoms with van der Waals surface area (Å²) < 4.78 is 6.31. The summed E-state index contributed by atoms with van der Waals surface area (Å²) in [7, 11) is 0. The van der Waals surface area contributed by atoms with Crippen molar-refractivity contribution in [1.82, 2.24) is 10.3 Å². The summed E-state index contributed by atoms with van der Waals surface area (Å²) in [4.78, 5) is 25.6. The second kappa shape index (κ2) is 6.49. The van der Waals surface area contributed by atoms with E-state index in [-0.39, 0.29) is 18.4 Å². The fourth-order valence-electron chi connectivity index (χ4n) is 2.71. The molecule has 0 atom stereocenters. The molecule has 0 spiro atoms. The topological polar surface area (TPSA) is 84.7 Å².